The fraction of sp³-hybridized carbons (Fsp3) is 0.500. The summed E-state index contributed by atoms with van der Waals surface area (Å²) in [6.07, 6.45) is -9.61. The first-order valence-corrected chi connectivity index (χ1v) is 10.8. The van der Waals surface area contributed by atoms with Crippen LogP contribution in [-0.2, 0) is 22.5 Å². The summed E-state index contributed by atoms with van der Waals surface area (Å²) >= 11 is 0. The Hall–Kier alpha value is -2.62. The highest BCUT2D eigenvalue weighted by atomic mass is 19.4. The topological polar surface area (TPSA) is 52.4 Å². The van der Waals surface area contributed by atoms with Crippen molar-refractivity contribution in [3.05, 3.63) is 80.9 Å². The molecule has 4 nitrogen and oxygen atoms in total. The van der Waals surface area contributed by atoms with E-state index >= 15 is 0 Å². The van der Waals surface area contributed by atoms with Crippen LogP contribution in [0.2, 0.25) is 0 Å². The van der Waals surface area contributed by atoms with Crippen LogP contribution in [0.5, 0.6) is 0 Å². The molecule has 0 bridgehead atoms. The number of nitrogens with zero attached hydrogens (tertiary/aromatic N) is 1. The van der Waals surface area contributed by atoms with Gasteiger partial charge < -0.3 is 4.74 Å². The van der Waals surface area contributed by atoms with E-state index in [4.69, 9.17) is 4.74 Å². The number of ether oxygens (including phenoxy) is 1. The number of hydrogen-bond donors (Lipinski definition) is 0. The van der Waals surface area contributed by atoms with E-state index in [1.165, 1.54) is 6.92 Å². The van der Waals surface area contributed by atoms with Crippen molar-refractivity contribution < 1.29 is 36.0 Å². The van der Waals surface area contributed by atoms with Crippen molar-refractivity contribution in [1.82, 2.24) is 0 Å². The molecule has 0 radical (unpaired) electrons. The first-order chi connectivity index (χ1) is 15.7. The summed E-state index contributed by atoms with van der Waals surface area (Å²) in [7, 11) is 0. The zero-order chi connectivity index (χ0) is 25.4. The second-order valence-electron chi connectivity index (χ2n) is 9.19. The van der Waals surface area contributed by atoms with E-state index in [2.05, 4.69) is 0 Å². The molecule has 0 heterocycles. The molecule has 10 heteroatoms. The van der Waals surface area contributed by atoms with Crippen molar-refractivity contribution in [3.63, 3.8) is 0 Å². The summed E-state index contributed by atoms with van der Waals surface area (Å²) in [5, 5.41) is 11.5. The van der Waals surface area contributed by atoms with Crippen molar-refractivity contribution >= 4 is 0 Å². The summed E-state index contributed by atoms with van der Waals surface area (Å²) in [5.74, 6) is 0. The van der Waals surface area contributed by atoms with Gasteiger partial charge in [-0.2, -0.15) is 26.3 Å². The van der Waals surface area contributed by atoms with Gasteiger partial charge in [0.15, 0.2) is 0 Å². The average molecular weight is 489 g/mol. The Morgan fingerprint density at radius 1 is 0.941 bits per heavy atom. The van der Waals surface area contributed by atoms with Crippen LogP contribution < -0.4 is 0 Å². The predicted octanol–water partition coefficient (Wildman–Crippen LogP) is 7.35. The van der Waals surface area contributed by atoms with Gasteiger partial charge >= 0.3 is 12.4 Å². The van der Waals surface area contributed by atoms with Gasteiger partial charge in [-0.05, 0) is 49.1 Å². The van der Waals surface area contributed by atoms with Gasteiger partial charge in [-0.25, -0.2) is 0 Å². The van der Waals surface area contributed by atoms with E-state index in [9.17, 15) is 36.5 Å². The maximum atomic E-state index is 13.2. The summed E-state index contributed by atoms with van der Waals surface area (Å²) in [6.45, 7) is 2.98. The number of nitro groups is 1. The summed E-state index contributed by atoms with van der Waals surface area (Å²) in [5.41, 5.74) is -3.90. The van der Waals surface area contributed by atoms with Gasteiger partial charge in [0.2, 0.25) is 5.54 Å². The van der Waals surface area contributed by atoms with E-state index < -0.39 is 40.5 Å². The molecule has 1 aliphatic carbocycles. The molecule has 0 saturated heterocycles. The van der Waals surface area contributed by atoms with Gasteiger partial charge in [-0.15, -0.1) is 0 Å². The molecular formula is C24H25F6NO3. The molecule has 0 amide bonds. The fourth-order valence-electron chi connectivity index (χ4n) is 4.35. The lowest BCUT2D eigenvalue weighted by molar-refractivity contribution is -0.571. The van der Waals surface area contributed by atoms with Gasteiger partial charge in [-0.3, -0.25) is 10.1 Å². The summed E-state index contributed by atoms with van der Waals surface area (Å²) in [4.78, 5) is 11.2. The van der Waals surface area contributed by atoms with Crippen LogP contribution in [0.1, 0.15) is 67.9 Å². The second-order valence-corrected chi connectivity index (χ2v) is 9.19. The molecule has 0 N–H and O–H groups in total. The maximum Gasteiger partial charge on any atom is 0.416 e. The molecule has 1 saturated carbocycles. The molecule has 2 aromatic rings. The highest BCUT2D eigenvalue weighted by molar-refractivity contribution is 5.35. The van der Waals surface area contributed by atoms with Gasteiger partial charge in [0.1, 0.15) is 0 Å². The zero-order valence-electron chi connectivity index (χ0n) is 18.7. The first-order valence-electron chi connectivity index (χ1n) is 10.8. The second kappa shape index (κ2) is 9.20. The van der Waals surface area contributed by atoms with Crippen molar-refractivity contribution in [2.75, 3.05) is 6.61 Å². The quantitative estimate of drug-likeness (QED) is 0.242. The van der Waals surface area contributed by atoms with E-state index in [1.807, 2.05) is 30.3 Å². The standard InChI is InChI=1S/C24H25F6NO3/c1-16(17-12-19(23(25,26)27)14-20(13-17)24(28,29)30)34-15-22(18-6-4-3-5-7-18)10-8-21(2,9-11-22)31(32)33/h3-7,12-14,16H,8-11,15H2,1-2H3/t16-,21?,22?/m1/s1. The number of halogens is 6. The molecule has 0 aromatic heterocycles. The summed E-state index contributed by atoms with van der Waals surface area (Å²) in [6, 6.07) is 10.6. The molecule has 34 heavy (non-hydrogen) atoms. The number of hydrogen-bond acceptors (Lipinski definition) is 3. The van der Waals surface area contributed by atoms with Crippen LogP contribution in [0.15, 0.2) is 48.5 Å². The monoisotopic (exact) mass is 489 g/mol. The van der Waals surface area contributed by atoms with Gasteiger partial charge in [0, 0.05) is 30.1 Å². The predicted molar refractivity (Wildman–Crippen MR) is 113 cm³/mol. The van der Waals surface area contributed by atoms with Crippen molar-refractivity contribution in [1.29, 1.82) is 0 Å². The molecule has 1 atom stereocenters. The molecule has 1 aliphatic rings. The minimum absolute atomic E-state index is 0.00354. The van der Waals surface area contributed by atoms with E-state index in [-0.39, 0.29) is 36.0 Å². The lowest BCUT2D eigenvalue weighted by Gasteiger charge is -2.42. The Bertz CT molecular complexity index is 979. The Morgan fingerprint density at radius 2 is 1.44 bits per heavy atom. The third-order valence-electron chi connectivity index (χ3n) is 6.80. The molecular weight excluding hydrogens is 464 g/mol. The van der Waals surface area contributed by atoms with Crippen molar-refractivity contribution in [3.8, 4) is 0 Å². The van der Waals surface area contributed by atoms with Crippen molar-refractivity contribution in [2.24, 2.45) is 0 Å². The van der Waals surface area contributed by atoms with Crippen LogP contribution >= 0.6 is 0 Å². The fourth-order valence-corrected chi connectivity index (χ4v) is 4.35. The Labute approximate surface area is 193 Å². The van der Waals surface area contributed by atoms with Crippen LogP contribution in [0.4, 0.5) is 26.3 Å². The molecule has 186 valence electrons. The van der Waals surface area contributed by atoms with Crippen LogP contribution in [0.25, 0.3) is 0 Å². The van der Waals surface area contributed by atoms with Crippen LogP contribution in [-0.4, -0.2) is 17.1 Å². The van der Waals surface area contributed by atoms with Gasteiger partial charge in [0.25, 0.3) is 0 Å². The minimum atomic E-state index is -4.95. The Morgan fingerprint density at radius 3 is 1.88 bits per heavy atom. The van der Waals surface area contributed by atoms with E-state index in [1.54, 1.807) is 6.92 Å². The third kappa shape index (κ3) is 5.54. The highest BCUT2D eigenvalue weighted by Gasteiger charge is 2.48. The smallest absolute Gasteiger partial charge is 0.373 e. The first kappa shape index (κ1) is 26.0. The van der Waals surface area contributed by atoms with Gasteiger partial charge in [-0.1, -0.05) is 30.3 Å². The molecule has 2 aromatic carbocycles. The minimum Gasteiger partial charge on any atom is -0.373 e. The maximum absolute atomic E-state index is 13.2. The largest absolute Gasteiger partial charge is 0.416 e. The third-order valence-corrected chi connectivity index (χ3v) is 6.80. The normalized spacial score (nSPS) is 24.6. The number of rotatable bonds is 6. The van der Waals surface area contributed by atoms with E-state index in [0.717, 1.165) is 5.56 Å². The lowest BCUT2D eigenvalue weighted by atomic mass is 9.65. The number of benzene rings is 2. The van der Waals surface area contributed by atoms with Crippen molar-refractivity contribution in [2.45, 2.75) is 68.9 Å². The number of alkyl halides is 6. The van der Waals surface area contributed by atoms with Crippen LogP contribution in [0.3, 0.4) is 0 Å². The SMILES string of the molecule is C[C@@H](OCC1(c2ccccc2)CCC(C)([N+](=O)[O-])CC1)c1cc(C(F)(F)F)cc(C(F)(F)F)c1. The summed E-state index contributed by atoms with van der Waals surface area (Å²) < 4.78 is 85.3. The van der Waals surface area contributed by atoms with E-state index in [0.29, 0.717) is 25.0 Å². The molecule has 1 fully saturated rings. The molecule has 0 aliphatic heterocycles. The van der Waals surface area contributed by atoms with Gasteiger partial charge in [0.05, 0.1) is 23.8 Å². The Balaban J connectivity index is 1.89. The zero-order valence-corrected chi connectivity index (χ0v) is 18.7. The van der Waals surface area contributed by atoms with Crippen LogP contribution in [0, 0.1) is 10.1 Å². The molecule has 0 unspecified atom stereocenters. The Kier molecular flexibility index (Phi) is 7.04. The molecule has 3 rings (SSSR count). The molecule has 0 spiro atoms. The highest BCUT2D eigenvalue weighted by Crippen LogP contribution is 2.45. The average Bonchev–Trinajstić information content (AvgIpc) is 2.78. The lowest BCUT2D eigenvalue weighted by Crippen LogP contribution is -2.46.